The number of methoxy groups -OCH3 is 1. The summed E-state index contributed by atoms with van der Waals surface area (Å²) < 4.78 is 9.80. The molecule has 6 nitrogen and oxygen atoms in total. The highest BCUT2D eigenvalue weighted by Gasteiger charge is 1.96. The topological polar surface area (TPSA) is 84.8 Å². The van der Waals surface area contributed by atoms with Crippen molar-refractivity contribution >= 4 is 5.96 Å². The molecule has 1 aromatic heterocycles. The van der Waals surface area contributed by atoms with Gasteiger partial charge in [0, 0.05) is 19.2 Å². The van der Waals surface area contributed by atoms with E-state index in [0.29, 0.717) is 25.7 Å². The second kappa shape index (κ2) is 6.86. The molecule has 0 aromatic carbocycles. The minimum absolute atomic E-state index is 0.524. The molecule has 1 rings (SSSR count). The van der Waals surface area contributed by atoms with Crippen molar-refractivity contribution in [3.63, 3.8) is 0 Å². The Bertz CT molecular complexity index is 284. The maximum absolute atomic E-state index is 5.29. The lowest BCUT2D eigenvalue weighted by atomic mass is 10.3. The Morgan fingerprint density at radius 3 is 3.13 bits per heavy atom. The molecule has 4 N–H and O–H groups in total. The second-order valence-electron chi connectivity index (χ2n) is 2.86. The van der Waals surface area contributed by atoms with Crippen molar-refractivity contribution in [3.05, 3.63) is 24.2 Å². The van der Waals surface area contributed by atoms with Crippen LogP contribution in [0.25, 0.3) is 0 Å². The van der Waals surface area contributed by atoms with Crippen molar-refractivity contribution in [1.82, 2.24) is 10.7 Å². The zero-order chi connectivity index (χ0) is 10.9. The molecule has 0 unspecified atom stereocenters. The Kier molecular flexibility index (Phi) is 5.28. The number of hydrogen-bond acceptors (Lipinski definition) is 4. The molecule has 0 spiro atoms. The molecule has 0 fully saturated rings. The van der Waals surface area contributed by atoms with Crippen molar-refractivity contribution < 1.29 is 9.15 Å². The van der Waals surface area contributed by atoms with Crippen LogP contribution in [0.15, 0.2) is 28.0 Å². The van der Waals surface area contributed by atoms with E-state index in [1.165, 1.54) is 0 Å². The van der Waals surface area contributed by atoms with Gasteiger partial charge in [0.25, 0.3) is 0 Å². The van der Waals surface area contributed by atoms with Gasteiger partial charge in [-0.05, 0) is 6.07 Å². The highest BCUT2D eigenvalue weighted by molar-refractivity contribution is 5.79. The molecule has 6 heteroatoms. The van der Waals surface area contributed by atoms with Gasteiger partial charge in [-0.15, -0.1) is 0 Å². The van der Waals surface area contributed by atoms with E-state index in [-0.39, 0.29) is 0 Å². The van der Waals surface area contributed by atoms with E-state index in [0.717, 1.165) is 5.56 Å². The molecule has 0 aliphatic heterocycles. The third kappa shape index (κ3) is 4.48. The SMILES string of the molecule is COCCNC(=NCc1ccoc1)NN. The van der Waals surface area contributed by atoms with Gasteiger partial charge in [0.1, 0.15) is 0 Å². The van der Waals surface area contributed by atoms with Crippen molar-refractivity contribution in [2.24, 2.45) is 10.8 Å². The van der Waals surface area contributed by atoms with Crippen LogP contribution >= 0.6 is 0 Å². The molecule has 84 valence electrons. The fourth-order valence-electron chi connectivity index (χ4n) is 0.977. The van der Waals surface area contributed by atoms with Crippen LogP contribution in [0.4, 0.5) is 0 Å². The number of hydrogen-bond donors (Lipinski definition) is 3. The van der Waals surface area contributed by atoms with Crippen LogP contribution in [0.5, 0.6) is 0 Å². The lowest BCUT2D eigenvalue weighted by Gasteiger charge is -2.07. The van der Waals surface area contributed by atoms with Gasteiger partial charge in [0.05, 0.1) is 25.7 Å². The molecule has 0 aliphatic carbocycles. The van der Waals surface area contributed by atoms with Gasteiger partial charge >= 0.3 is 0 Å². The maximum atomic E-state index is 5.29. The van der Waals surface area contributed by atoms with E-state index in [9.17, 15) is 0 Å². The summed E-state index contributed by atoms with van der Waals surface area (Å²) >= 11 is 0. The standard InChI is InChI=1S/C9H16N4O2/c1-14-5-3-11-9(13-10)12-6-8-2-4-15-7-8/h2,4,7H,3,5-6,10H2,1H3,(H2,11,12,13). The fraction of sp³-hybridized carbons (Fsp3) is 0.444. The van der Waals surface area contributed by atoms with Gasteiger partial charge in [-0.2, -0.15) is 0 Å². The molecule has 0 saturated carbocycles. The van der Waals surface area contributed by atoms with Gasteiger partial charge in [0.15, 0.2) is 0 Å². The van der Waals surface area contributed by atoms with E-state index < -0.39 is 0 Å². The highest BCUT2D eigenvalue weighted by atomic mass is 16.5. The average molecular weight is 212 g/mol. The zero-order valence-corrected chi connectivity index (χ0v) is 8.69. The van der Waals surface area contributed by atoms with Gasteiger partial charge in [-0.1, -0.05) is 0 Å². The Hall–Kier alpha value is -1.53. The Labute approximate surface area is 88.5 Å². The summed E-state index contributed by atoms with van der Waals surface area (Å²) in [6, 6.07) is 1.85. The number of furan rings is 1. The lowest BCUT2D eigenvalue weighted by molar-refractivity contribution is 0.203. The first kappa shape index (κ1) is 11.5. The maximum Gasteiger partial charge on any atom is 0.206 e. The number of nitrogens with one attached hydrogen (secondary N) is 2. The van der Waals surface area contributed by atoms with Gasteiger partial charge in [0.2, 0.25) is 5.96 Å². The molecule has 15 heavy (non-hydrogen) atoms. The predicted molar refractivity (Wildman–Crippen MR) is 57.0 cm³/mol. The first-order chi connectivity index (χ1) is 7.36. The summed E-state index contributed by atoms with van der Waals surface area (Å²) in [6.07, 6.45) is 3.26. The Balaban J connectivity index is 2.33. The van der Waals surface area contributed by atoms with E-state index in [4.69, 9.17) is 15.0 Å². The van der Waals surface area contributed by atoms with Gasteiger partial charge in [-0.25, -0.2) is 10.8 Å². The van der Waals surface area contributed by atoms with E-state index in [2.05, 4.69) is 15.7 Å². The quantitative estimate of drug-likeness (QED) is 0.207. The first-order valence-electron chi connectivity index (χ1n) is 4.61. The number of ether oxygens (including phenoxy) is 1. The summed E-state index contributed by atoms with van der Waals surface area (Å²) in [7, 11) is 1.64. The van der Waals surface area contributed by atoms with Gasteiger partial charge in [-0.3, -0.25) is 5.43 Å². The molecule has 0 radical (unpaired) electrons. The van der Waals surface area contributed by atoms with Crippen LogP contribution in [0.2, 0.25) is 0 Å². The zero-order valence-electron chi connectivity index (χ0n) is 8.69. The van der Waals surface area contributed by atoms with E-state index in [1.54, 1.807) is 19.6 Å². The third-order valence-corrected chi connectivity index (χ3v) is 1.74. The normalized spacial score (nSPS) is 11.5. The molecule has 0 aliphatic rings. The van der Waals surface area contributed by atoms with Crippen LogP contribution in [-0.4, -0.2) is 26.2 Å². The minimum atomic E-state index is 0.524. The third-order valence-electron chi connectivity index (χ3n) is 1.74. The predicted octanol–water partition coefficient (Wildman–Crippen LogP) is -0.165. The van der Waals surface area contributed by atoms with Crippen LogP contribution < -0.4 is 16.6 Å². The molecule has 1 heterocycles. The summed E-state index contributed by atoms with van der Waals surface area (Å²) in [5.41, 5.74) is 3.47. The van der Waals surface area contributed by atoms with Crippen LogP contribution in [0.1, 0.15) is 5.56 Å². The molecule has 0 amide bonds. The van der Waals surface area contributed by atoms with E-state index >= 15 is 0 Å². The van der Waals surface area contributed by atoms with Crippen molar-refractivity contribution in [1.29, 1.82) is 0 Å². The summed E-state index contributed by atoms with van der Waals surface area (Å²) in [5.74, 6) is 5.82. The summed E-state index contributed by atoms with van der Waals surface area (Å²) in [4.78, 5) is 4.21. The van der Waals surface area contributed by atoms with Crippen LogP contribution in [0, 0.1) is 0 Å². The molecule has 0 bridgehead atoms. The number of nitrogens with two attached hydrogens (primary N) is 1. The Morgan fingerprint density at radius 2 is 2.53 bits per heavy atom. The second-order valence-corrected chi connectivity index (χ2v) is 2.86. The fourth-order valence-corrected chi connectivity index (χ4v) is 0.977. The van der Waals surface area contributed by atoms with Crippen LogP contribution in [-0.2, 0) is 11.3 Å². The number of rotatable bonds is 5. The Morgan fingerprint density at radius 1 is 1.67 bits per heavy atom. The molecular formula is C9H16N4O2. The lowest BCUT2D eigenvalue weighted by Crippen LogP contribution is -2.42. The van der Waals surface area contributed by atoms with Gasteiger partial charge < -0.3 is 14.5 Å². The molecule has 0 atom stereocenters. The average Bonchev–Trinajstić information content (AvgIpc) is 2.76. The first-order valence-corrected chi connectivity index (χ1v) is 4.61. The molecular weight excluding hydrogens is 196 g/mol. The van der Waals surface area contributed by atoms with Crippen molar-refractivity contribution in [2.75, 3.05) is 20.3 Å². The number of guanidine groups is 1. The number of nitrogens with zero attached hydrogens (tertiary/aromatic N) is 1. The summed E-state index contributed by atoms with van der Waals surface area (Å²) in [5, 5.41) is 2.99. The molecule has 0 saturated heterocycles. The van der Waals surface area contributed by atoms with Crippen LogP contribution in [0.3, 0.4) is 0 Å². The smallest absolute Gasteiger partial charge is 0.206 e. The number of hydrazine groups is 1. The van der Waals surface area contributed by atoms with Crippen molar-refractivity contribution in [3.8, 4) is 0 Å². The largest absolute Gasteiger partial charge is 0.472 e. The summed E-state index contributed by atoms with van der Waals surface area (Å²) in [6.45, 7) is 1.79. The number of aliphatic imine (C=N–C) groups is 1. The monoisotopic (exact) mass is 212 g/mol. The van der Waals surface area contributed by atoms with E-state index in [1.807, 2.05) is 6.07 Å². The minimum Gasteiger partial charge on any atom is -0.472 e. The molecule has 1 aromatic rings. The van der Waals surface area contributed by atoms with Crippen molar-refractivity contribution in [2.45, 2.75) is 6.54 Å². The highest BCUT2D eigenvalue weighted by Crippen LogP contribution is 2.00.